The molecule has 1 saturated carbocycles. The average molecular weight is 536 g/mol. The number of carbonyl (C=O) groups is 3. The zero-order valence-corrected chi connectivity index (χ0v) is 24.1. The summed E-state index contributed by atoms with van der Waals surface area (Å²) in [5.41, 5.74) is 3.86. The molecule has 5 rings (SSSR count). The second kappa shape index (κ2) is 10.1. The Balaban J connectivity index is 1.23. The van der Waals surface area contributed by atoms with E-state index < -0.39 is 11.4 Å². The molecule has 4 aliphatic rings. The fourth-order valence-corrected chi connectivity index (χ4v) is 6.47. The monoisotopic (exact) mass is 535 g/mol. The lowest BCUT2D eigenvalue weighted by molar-refractivity contribution is -0.157. The maximum absolute atomic E-state index is 13.5. The molecule has 39 heavy (non-hydrogen) atoms. The summed E-state index contributed by atoms with van der Waals surface area (Å²) >= 11 is 0. The van der Waals surface area contributed by atoms with Crippen molar-refractivity contribution in [2.75, 3.05) is 13.1 Å². The van der Waals surface area contributed by atoms with Crippen LogP contribution in [0.2, 0.25) is 0 Å². The smallest absolute Gasteiger partial charge is 0.306 e. The molecule has 0 saturated heterocycles. The van der Waals surface area contributed by atoms with Gasteiger partial charge >= 0.3 is 5.97 Å². The van der Waals surface area contributed by atoms with Gasteiger partial charge in [0, 0.05) is 49.9 Å². The number of hydrogen-bond acceptors (Lipinski definition) is 6. The predicted molar refractivity (Wildman–Crippen MR) is 148 cm³/mol. The number of hydrogen-bond donors (Lipinski definition) is 0. The van der Waals surface area contributed by atoms with E-state index in [1.165, 1.54) is 0 Å². The third-order valence-corrected chi connectivity index (χ3v) is 8.49. The first-order valence-corrected chi connectivity index (χ1v) is 14.3. The van der Waals surface area contributed by atoms with E-state index in [0.717, 1.165) is 48.0 Å². The van der Waals surface area contributed by atoms with Crippen molar-refractivity contribution in [1.29, 1.82) is 0 Å². The Bertz CT molecular complexity index is 1260. The summed E-state index contributed by atoms with van der Waals surface area (Å²) in [7, 11) is 0. The number of ketones is 1. The number of esters is 1. The van der Waals surface area contributed by atoms with Crippen LogP contribution in [-0.4, -0.2) is 47.0 Å². The zero-order valence-electron chi connectivity index (χ0n) is 24.1. The number of fused-ring (bicyclic) bond motifs is 2. The predicted octanol–water partition coefficient (Wildman–Crippen LogP) is 5.95. The lowest BCUT2D eigenvalue weighted by Crippen LogP contribution is -2.44. The van der Waals surface area contributed by atoms with E-state index in [2.05, 4.69) is 0 Å². The number of carbonyl (C=O) groups excluding carboxylic acids is 3. The molecule has 0 bridgehead atoms. The number of benzene rings is 1. The molecule has 1 atom stereocenters. The zero-order chi connectivity index (χ0) is 28.1. The molecule has 1 amide bonds. The van der Waals surface area contributed by atoms with Crippen molar-refractivity contribution < 1.29 is 28.6 Å². The summed E-state index contributed by atoms with van der Waals surface area (Å²) < 4.78 is 18.3. The third kappa shape index (κ3) is 5.78. The Morgan fingerprint density at radius 3 is 2.38 bits per heavy atom. The standard InChI is InChI=1S/C32H41NO6/c1-19-13-20(2)25(26(34)14-19)18-33-12-11-22-16-27-28(17-24(22)30(33)36)38-32(6,37-27)23-9-7-21(8-10-23)15-29(35)39-31(3,4)5/h13,16-17,21,23H,7-12,14-15,18H2,1-6H3. The van der Waals surface area contributed by atoms with Crippen LogP contribution < -0.4 is 9.47 Å². The third-order valence-electron chi connectivity index (χ3n) is 8.49. The topological polar surface area (TPSA) is 82.1 Å². The Kier molecular flexibility index (Phi) is 7.15. The van der Waals surface area contributed by atoms with Crippen molar-refractivity contribution in [3.63, 3.8) is 0 Å². The van der Waals surface area contributed by atoms with E-state index in [4.69, 9.17) is 14.2 Å². The van der Waals surface area contributed by atoms with Crippen LogP contribution in [0.15, 0.2) is 34.9 Å². The van der Waals surface area contributed by atoms with Crippen molar-refractivity contribution in [1.82, 2.24) is 4.90 Å². The van der Waals surface area contributed by atoms with Crippen molar-refractivity contribution in [3.05, 3.63) is 46.1 Å². The molecule has 0 N–H and O–H groups in total. The van der Waals surface area contributed by atoms with Crippen LogP contribution in [0.3, 0.4) is 0 Å². The van der Waals surface area contributed by atoms with E-state index in [1.807, 2.05) is 59.8 Å². The first-order chi connectivity index (χ1) is 18.3. The van der Waals surface area contributed by atoms with Gasteiger partial charge in [-0.2, -0.15) is 0 Å². The molecular formula is C32H41NO6. The molecule has 0 aromatic heterocycles. The van der Waals surface area contributed by atoms with Gasteiger partial charge in [0.05, 0.1) is 0 Å². The summed E-state index contributed by atoms with van der Waals surface area (Å²) in [6.45, 7) is 12.5. The van der Waals surface area contributed by atoms with Crippen molar-refractivity contribution in [2.45, 2.75) is 97.9 Å². The van der Waals surface area contributed by atoms with Crippen LogP contribution in [0.5, 0.6) is 11.5 Å². The molecule has 1 aromatic rings. The largest absolute Gasteiger partial charge is 0.460 e. The molecular weight excluding hydrogens is 494 g/mol. The van der Waals surface area contributed by atoms with Crippen molar-refractivity contribution >= 4 is 17.7 Å². The van der Waals surface area contributed by atoms with E-state index in [0.29, 0.717) is 55.3 Å². The van der Waals surface area contributed by atoms with Gasteiger partial charge in [0.25, 0.3) is 11.7 Å². The molecule has 0 spiro atoms. The highest BCUT2D eigenvalue weighted by atomic mass is 16.7. The molecule has 210 valence electrons. The highest BCUT2D eigenvalue weighted by Gasteiger charge is 2.46. The van der Waals surface area contributed by atoms with Gasteiger partial charge in [-0.1, -0.05) is 11.6 Å². The van der Waals surface area contributed by atoms with Gasteiger partial charge in [0.1, 0.15) is 5.60 Å². The van der Waals surface area contributed by atoms with Gasteiger partial charge in [-0.15, -0.1) is 0 Å². The number of amides is 1. The molecule has 7 nitrogen and oxygen atoms in total. The SMILES string of the molecule is CC1=CC(C)=C(CN2CCc3cc4c(cc3C2=O)OC(C)(C2CCC(CC(=O)OC(C)(C)C)CC2)O4)C(=O)C1. The number of nitrogens with zero attached hydrogens (tertiary/aromatic N) is 1. The molecule has 2 aliphatic carbocycles. The fourth-order valence-electron chi connectivity index (χ4n) is 6.47. The van der Waals surface area contributed by atoms with Crippen LogP contribution in [0, 0.1) is 11.8 Å². The highest BCUT2D eigenvalue weighted by Crippen LogP contribution is 2.48. The molecule has 1 aromatic carbocycles. The lowest BCUT2D eigenvalue weighted by atomic mass is 9.77. The minimum Gasteiger partial charge on any atom is -0.460 e. The summed E-state index contributed by atoms with van der Waals surface area (Å²) in [6.07, 6.45) is 7.28. The minimum absolute atomic E-state index is 0.0710. The van der Waals surface area contributed by atoms with E-state index >= 15 is 0 Å². The van der Waals surface area contributed by atoms with Gasteiger partial charge in [-0.3, -0.25) is 14.4 Å². The first-order valence-electron chi connectivity index (χ1n) is 14.3. The molecule has 1 unspecified atom stereocenters. The summed E-state index contributed by atoms with van der Waals surface area (Å²) in [4.78, 5) is 40.2. The van der Waals surface area contributed by atoms with Gasteiger partial charge in [0.2, 0.25) is 0 Å². The Labute approximate surface area is 231 Å². The Morgan fingerprint density at radius 2 is 1.74 bits per heavy atom. The summed E-state index contributed by atoms with van der Waals surface area (Å²) in [5, 5.41) is 0. The van der Waals surface area contributed by atoms with Gasteiger partial charge in [0.15, 0.2) is 17.3 Å². The van der Waals surface area contributed by atoms with Crippen LogP contribution in [0.1, 0.15) is 96.0 Å². The van der Waals surface area contributed by atoms with Crippen LogP contribution >= 0.6 is 0 Å². The number of ether oxygens (including phenoxy) is 3. The van der Waals surface area contributed by atoms with E-state index in [9.17, 15) is 14.4 Å². The number of allylic oxidation sites excluding steroid dienone is 3. The first kappa shape index (κ1) is 27.5. The number of rotatable bonds is 5. The van der Waals surface area contributed by atoms with Gasteiger partial charge in [-0.05, 0) is 95.9 Å². The van der Waals surface area contributed by atoms with Crippen LogP contribution in [0.25, 0.3) is 0 Å². The maximum atomic E-state index is 13.5. The van der Waals surface area contributed by atoms with E-state index in [1.54, 1.807) is 4.90 Å². The average Bonchev–Trinajstić information content (AvgIpc) is 3.17. The second-order valence-corrected chi connectivity index (χ2v) is 12.9. The molecule has 1 fully saturated rings. The summed E-state index contributed by atoms with van der Waals surface area (Å²) in [6, 6.07) is 3.79. The van der Waals surface area contributed by atoms with Crippen LogP contribution in [0.4, 0.5) is 0 Å². The normalized spacial score (nSPS) is 26.9. The van der Waals surface area contributed by atoms with Gasteiger partial charge < -0.3 is 19.1 Å². The fraction of sp³-hybridized carbons (Fsp3) is 0.594. The Morgan fingerprint density at radius 1 is 1.08 bits per heavy atom. The number of Topliss-reactive ketones (excluding diaryl/α,β-unsaturated/α-hetero) is 1. The van der Waals surface area contributed by atoms with Crippen molar-refractivity contribution in [3.8, 4) is 11.5 Å². The molecule has 2 heterocycles. The minimum atomic E-state index is -0.799. The molecule has 7 heteroatoms. The second-order valence-electron chi connectivity index (χ2n) is 12.9. The van der Waals surface area contributed by atoms with Gasteiger partial charge in [-0.25, -0.2) is 0 Å². The molecule has 2 aliphatic heterocycles. The highest BCUT2D eigenvalue weighted by molar-refractivity contribution is 6.02. The summed E-state index contributed by atoms with van der Waals surface area (Å²) in [5.74, 6) is 0.896. The maximum Gasteiger partial charge on any atom is 0.306 e. The Hall–Kier alpha value is -3.09. The van der Waals surface area contributed by atoms with Crippen molar-refractivity contribution in [2.24, 2.45) is 11.8 Å². The quantitative estimate of drug-likeness (QED) is 0.434. The molecule has 0 radical (unpaired) electrons. The van der Waals surface area contributed by atoms with Crippen LogP contribution in [-0.2, 0) is 20.7 Å². The van der Waals surface area contributed by atoms with E-state index in [-0.39, 0.29) is 23.6 Å². The lowest BCUT2D eigenvalue weighted by Gasteiger charge is -2.37.